The number of sulfonamides is 1. The maximum absolute atomic E-state index is 12.8. The van der Waals surface area contributed by atoms with E-state index in [0.717, 1.165) is 24.1 Å². The number of carbonyl (C=O) groups excluding carboxylic acids is 1. The van der Waals surface area contributed by atoms with Crippen molar-refractivity contribution in [2.24, 2.45) is 5.92 Å². The number of thiazole rings is 1. The van der Waals surface area contributed by atoms with Crippen LogP contribution < -0.4 is 4.72 Å². The van der Waals surface area contributed by atoms with Crippen LogP contribution in [-0.4, -0.2) is 36.2 Å². The minimum Gasteiger partial charge on any atom is -0.452 e. The Morgan fingerprint density at radius 2 is 1.88 bits per heavy atom. The standard InChI is InChI=1S/C23H30N4O4S2/c1-15(2)13-18-25-20(33(29,30)26-22(28)31-6)19(32-18)17-9-7-16(8-10-17)14-27-12-11-24-21(27)23(3,4)5/h7-12,15H,13-14H2,1-6H3,(H,26,28). The van der Waals surface area contributed by atoms with Crippen LogP contribution in [0, 0.1) is 5.92 Å². The van der Waals surface area contributed by atoms with Gasteiger partial charge in [0.05, 0.1) is 17.0 Å². The molecule has 0 atom stereocenters. The highest BCUT2D eigenvalue weighted by molar-refractivity contribution is 7.90. The number of carbonyl (C=O) groups is 1. The van der Waals surface area contributed by atoms with Crippen molar-refractivity contribution in [3.63, 3.8) is 0 Å². The fourth-order valence-electron chi connectivity index (χ4n) is 3.39. The van der Waals surface area contributed by atoms with Gasteiger partial charge in [0.1, 0.15) is 5.82 Å². The topological polar surface area (TPSA) is 103 Å². The van der Waals surface area contributed by atoms with E-state index in [1.807, 2.05) is 49.0 Å². The number of hydrogen-bond donors (Lipinski definition) is 1. The van der Waals surface area contributed by atoms with E-state index in [1.165, 1.54) is 11.3 Å². The van der Waals surface area contributed by atoms with Gasteiger partial charge in [-0.1, -0.05) is 58.9 Å². The molecule has 2 aromatic heterocycles. The summed E-state index contributed by atoms with van der Waals surface area (Å²) >= 11 is 1.32. The number of aromatic nitrogens is 3. The van der Waals surface area contributed by atoms with Gasteiger partial charge in [-0.15, -0.1) is 11.3 Å². The van der Waals surface area contributed by atoms with Crippen molar-refractivity contribution in [3.05, 3.63) is 53.1 Å². The summed E-state index contributed by atoms with van der Waals surface area (Å²) in [5.41, 5.74) is 1.71. The van der Waals surface area contributed by atoms with Gasteiger partial charge in [0.15, 0.2) is 5.03 Å². The lowest BCUT2D eigenvalue weighted by Gasteiger charge is -2.20. The number of hydrogen-bond acceptors (Lipinski definition) is 7. The minimum absolute atomic E-state index is 0.0746. The third-order valence-electron chi connectivity index (χ3n) is 4.84. The number of benzene rings is 1. The van der Waals surface area contributed by atoms with Crippen molar-refractivity contribution in [3.8, 4) is 10.4 Å². The molecule has 0 unspecified atom stereocenters. The van der Waals surface area contributed by atoms with Crippen LogP contribution in [0.1, 0.15) is 51.0 Å². The molecule has 0 bridgehead atoms. The van der Waals surface area contributed by atoms with Gasteiger partial charge in [-0.2, -0.15) is 8.42 Å². The molecule has 0 spiro atoms. The second-order valence-corrected chi connectivity index (χ2v) is 11.9. The van der Waals surface area contributed by atoms with Crippen molar-refractivity contribution >= 4 is 27.5 Å². The molecule has 0 aliphatic carbocycles. The summed E-state index contributed by atoms with van der Waals surface area (Å²) in [5.74, 6) is 1.30. The number of nitrogens with zero attached hydrogens (tertiary/aromatic N) is 3. The van der Waals surface area contributed by atoms with Gasteiger partial charge in [-0.3, -0.25) is 0 Å². The Labute approximate surface area is 199 Å². The zero-order valence-corrected chi connectivity index (χ0v) is 21.4. The van der Waals surface area contributed by atoms with Crippen molar-refractivity contribution in [2.45, 2.75) is 58.0 Å². The SMILES string of the molecule is COC(=O)NS(=O)(=O)c1nc(CC(C)C)sc1-c1ccc(Cn2ccnc2C(C)(C)C)cc1. The lowest BCUT2D eigenvalue weighted by molar-refractivity contribution is 0.177. The zero-order chi connectivity index (χ0) is 24.4. The fourth-order valence-corrected chi connectivity index (χ4v) is 6.07. The third kappa shape index (κ3) is 6.00. The summed E-state index contributed by atoms with van der Waals surface area (Å²) in [6.45, 7) is 11.1. The molecule has 10 heteroatoms. The third-order valence-corrected chi connectivity index (χ3v) is 7.33. The number of methoxy groups -OCH3 is 1. The summed E-state index contributed by atoms with van der Waals surface area (Å²) in [6.07, 6.45) is 3.34. The van der Waals surface area contributed by atoms with Gasteiger partial charge in [0.2, 0.25) is 0 Å². The molecule has 1 aromatic carbocycles. The van der Waals surface area contributed by atoms with E-state index in [9.17, 15) is 13.2 Å². The number of rotatable bonds is 7. The fraction of sp³-hybridized carbons (Fsp3) is 0.435. The van der Waals surface area contributed by atoms with Crippen LogP contribution in [0.25, 0.3) is 10.4 Å². The van der Waals surface area contributed by atoms with E-state index in [2.05, 4.69) is 40.0 Å². The minimum atomic E-state index is -4.18. The van der Waals surface area contributed by atoms with E-state index in [4.69, 9.17) is 0 Å². The van der Waals surface area contributed by atoms with Crippen LogP contribution in [0.4, 0.5) is 4.79 Å². The molecular weight excluding hydrogens is 460 g/mol. The van der Waals surface area contributed by atoms with E-state index in [-0.39, 0.29) is 10.4 Å². The Hall–Kier alpha value is -2.72. The number of amides is 1. The normalized spacial score (nSPS) is 12.2. The van der Waals surface area contributed by atoms with Crippen LogP contribution in [0.2, 0.25) is 0 Å². The van der Waals surface area contributed by atoms with Crippen molar-refractivity contribution in [1.29, 1.82) is 0 Å². The average Bonchev–Trinajstić information content (AvgIpc) is 3.35. The lowest BCUT2D eigenvalue weighted by Crippen LogP contribution is -2.30. The number of nitrogens with one attached hydrogen (secondary N) is 1. The quantitative estimate of drug-likeness (QED) is 0.519. The lowest BCUT2D eigenvalue weighted by atomic mass is 9.95. The predicted molar refractivity (Wildman–Crippen MR) is 129 cm³/mol. The molecule has 33 heavy (non-hydrogen) atoms. The zero-order valence-electron chi connectivity index (χ0n) is 19.7. The summed E-state index contributed by atoms with van der Waals surface area (Å²) in [4.78, 5) is 20.9. The molecule has 0 saturated heterocycles. The molecule has 0 aliphatic heterocycles. The first-order valence-electron chi connectivity index (χ1n) is 10.6. The Balaban J connectivity index is 1.95. The molecule has 8 nitrogen and oxygen atoms in total. The molecule has 0 saturated carbocycles. The molecule has 0 radical (unpaired) electrons. The maximum atomic E-state index is 12.8. The van der Waals surface area contributed by atoms with Crippen molar-refractivity contribution < 1.29 is 17.9 Å². The second kappa shape index (κ2) is 9.64. The van der Waals surface area contributed by atoms with Gasteiger partial charge < -0.3 is 9.30 Å². The van der Waals surface area contributed by atoms with Crippen molar-refractivity contribution in [1.82, 2.24) is 19.3 Å². The van der Waals surface area contributed by atoms with E-state index in [1.54, 1.807) is 6.20 Å². The molecule has 0 fully saturated rings. The van der Waals surface area contributed by atoms with E-state index >= 15 is 0 Å². The van der Waals surface area contributed by atoms with Crippen LogP contribution in [-0.2, 0) is 33.1 Å². The Kier molecular flexibility index (Phi) is 7.28. The molecular formula is C23H30N4O4S2. The monoisotopic (exact) mass is 490 g/mol. The van der Waals surface area contributed by atoms with E-state index in [0.29, 0.717) is 28.8 Å². The molecule has 3 aromatic rings. The highest BCUT2D eigenvalue weighted by Gasteiger charge is 2.27. The molecule has 0 aliphatic rings. The Morgan fingerprint density at radius 3 is 2.45 bits per heavy atom. The van der Waals surface area contributed by atoms with Crippen LogP contribution in [0.3, 0.4) is 0 Å². The summed E-state index contributed by atoms with van der Waals surface area (Å²) in [5, 5.41) is 0.536. The number of ether oxygens (including phenoxy) is 1. The maximum Gasteiger partial charge on any atom is 0.420 e. The van der Waals surface area contributed by atoms with Crippen LogP contribution >= 0.6 is 11.3 Å². The van der Waals surface area contributed by atoms with E-state index < -0.39 is 16.1 Å². The highest BCUT2D eigenvalue weighted by atomic mass is 32.2. The first kappa shape index (κ1) is 24.9. The Morgan fingerprint density at radius 1 is 1.21 bits per heavy atom. The predicted octanol–water partition coefficient (Wildman–Crippen LogP) is 4.60. The van der Waals surface area contributed by atoms with Crippen LogP contribution in [0.15, 0.2) is 41.7 Å². The summed E-state index contributed by atoms with van der Waals surface area (Å²) < 4.78 is 34.1. The smallest absolute Gasteiger partial charge is 0.420 e. The largest absolute Gasteiger partial charge is 0.452 e. The molecule has 2 heterocycles. The Bertz CT molecular complexity index is 1220. The second-order valence-electron chi connectivity index (χ2n) is 9.26. The number of imidazole rings is 1. The first-order chi connectivity index (χ1) is 15.4. The van der Waals surface area contributed by atoms with Crippen LogP contribution in [0.5, 0.6) is 0 Å². The summed E-state index contributed by atoms with van der Waals surface area (Å²) in [7, 11) is -3.06. The van der Waals surface area contributed by atoms with Gasteiger partial charge in [-0.05, 0) is 17.0 Å². The van der Waals surface area contributed by atoms with Gasteiger partial charge in [0.25, 0.3) is 10.0 Å². The first-order valence-corrected chi connectivity index (χ1v) is 12.9. The molecule has 3 rings (SSSR count). The van der Waals surface area contributed by atoms with Gasteiger partial charge >= 0.3 is 6.09 Å². The molecule has 1 amide bonds. The highest BCUT2D eigenvalue weighted by Crippen LogP contribution is 2.34. The van der Waals surface area contributed by atoms with Gasteiger partial charge in [0, 0.05) is 30.8 Å². The van der Waals surface area contributed by atoms with Gasteiger partial charge in [-0.25, -0.2) is 19.5 Å². The van der Waals surface area contributed by atoms with Crippen molar-refractivity contribution in [2.75, 3.05) is 7.11 Å². The average molecular weight is 491 g/mol. The summed E-state index contributed by atoms with van der Waals surface area (Å²) in [6, 6.07) is 7.70. The molecule has 1 N–H and O–H groups in total. The molecule has 178 valence electrons.